The van der Waals surface area contributed by atoms with Crippen LogP contribution in [0, 0.1) is 0 Å². The molecule has 0 aliphatic carbocycles. The number of anilines is 1. The third-order valence-corrected chi connectivity index (χ3v) is 4.61. The van der Waals surface area contributed by atoms with E-state index in [-0.39, 0.29) is 31.5 Å². The van der Waals surface area contributed by atoms with Gasteiger partial charge in [0.25, 0.3) is 11.5 Å². The first-order valence-corrected chi connectivity index (χ1v) is 9.27. The highest BCUT2D eigenvalue weighted by molar-refractivity contribution is 5.67. The molecule has 0 aliphatic rings. The van der Waals surface area contributed by atoms with E-state index in [0.29, 0.717) is 17.7 Å². The molecule has 2 aromatic carbocycles. The van der Waals surface area contributed by atoms with Gasteiger partial charge in [-0.25, -0.2) is 4.57 Å². The van der Waals surface area contributed by atoms with Crippen LogP contribution in [0.1, 0.15) is 5.56 Å². The van der Waals surface area contributed by atoms with Gasteiger partial charge in [-0.3, -0.25) is 14.3 Å². The van der Waals surface area contributed by atoms with Crippen LogP contribution in [0.25, 0.3) is 22.3 Å². The van der Waals surface area contributed by atoms with Gasteiger partial charge in [-0.05, 0) is 16.7 Å². The highest BCUT2D eigenvalue weighted by Crippen LogP contribution is 2.20. The SMILES string of the molecule is Nc1nc2c(c(=O)[nH]1)n(Cc1ccc(-c3ccccc3)cc1)c[n+]2COCCO. The summed E-state index contributed by atoms with van der Waals surface area (Å²) in [5.74, 6) is 0.0448. The van der Waals surface area contributed by atoms with Crippen molar-refractivity contribution in [2.75, 3.05) is 18.9 Å². The Hall–Kier alpha value is -3.49. The van der Waals surface area contributed by atoms with E-state index in [1.165, 1.54) is 0 Å². The summed E-state index contributed by atoms with van der Waals surface area (Å²) in [5, 5.41) is 8.92. The van der Waals surface area contributed by atoms with Crippen molar-refractivity contribution in [1.82, 2.24) is 14.5 Å². The highest BCUT2D eigenvalue weighted by atomic mass is 16.5. The molecule has 8 heteroatoms. The lowest BCUT2D eigenvalue weighted by molar-refractivity contribution is -0.711. The minimum absolute atomic E-state index is 0.0448. The summed E-state index contributed by atoms with van der Waals surface area (Å²) in [5.41, 5.74) is 9.58. The minimum atomic E-state index is -0.311. The summed E-state index contributed by atoms with van der Waals surface area (Å²) >= 11 is 0. The van der Waals surface area contributed by atoms with Crippen molar-refractivity contribution in [2.24, 2.45) is 0 Å². The number of nitrogen functional groups attached to an aromatic ring is 1. The second-order valence-corrected chi connectivity index (χ2v) is 6.66. The second kappa shape index (κ2) is 8.26. The number of ether oxygens (including phenoxy) is 1. The van der Waals surface area contributed by atoms with Gasteiger partial charge >= 0.3 is 5.65 Å². The molecule has 8 nitrogen and oxygen atoms in total. The Balaban J connectivity index is 1.66. The predicted octanol–water partition coefficient (Wildman–Crippen LogP) is 1.28. The molecule has 0 saturated heterocycles. The number of hydrogen-bond acceptors (Lipinski definition) is 5. The lowest BCUT2D eigenvalue weighted by Gasteiger charge is -2.04. The lowest BCUT2D eigenvalue weighted by Crippen LogP contribution is -2.35. The van der Waals surface area contributed by atoms with Crippen molar-refractivity contribution in [3.05, 3.63) is 76.8 Å². The van der Waals surface area contributed by atoms with E-state index in [1.54, 1.807) is 10.9 Å². The number of fused-ring (bicyclic) bond motifs is 1. The number of aromatic amines is 1. The van der Waals surface area contributed by atoms with Gasteiger partial charge in [0.1, 0.15) is 0 Å². The summed E-state index contributed by atoms with van der Waals surface area (Å²) in [6.07, 6.45) is 1.77. The van der Waals surface area contributed by atoms with Crippen LogP contribution >= 0.6 is 0 Å². The van der Waals surface area contributed by atoms with Crippen LogP contribution in [0.2, 0.25) is 0 Å². The predicted molar refractivity (Wildman–Crippen MR) is 109 cm³/mol. The summed E-state index contributed by atoms with van der Waals surface area (Å²) in [7, 11) is 0. The Morgan fingerprint density at radius 2 is 1.83 bits per heavy atom. The van der Waals surface area contributed by atoms with Crippen LogP contribution < -0.4 is 15.9 Å². The molecule has 4 rings (SSSR count). The number of nitrogens with one attached hydrogen (secondary N) is 1. The molecule has 0 saturated carbocycles. The van der Waals surface area contributed by atoms with Crippen LogP contribution in [0.4, 0.5) is 5.95 Å². The van der Waals surface area contributed by atoms with Crippen LogP contribution in [0.5, 0.6) is 0 Å². The third-order valence-electron chi connectivity index (χ3n) is 4.61. The molecule has 0 aliphatic heterocycles. The number of aromatic nitrogens is 4. The number of aliphatic hydroxyl groups is 1. The number of nitrogens with two attached hydrogens (primary N) is 1. The molecule has 0 fully saturated rings. The van der Waals surface area contributed by atoms with Crippen molar-refractivity contribution in [2.45, 2.75) is 13.3 Å². The molecule has 0 unspecified atom stereocenters. The second-order valence-electron chi connectivity index (χ2n) is 6.66. The maximum absolute atomic E-state index is 12.5. The number of imidazole rings is 1. The summed E-state index contributed by atoms with van der Waals surface area (Å²) < 4.78 is 8.91. The molecular weight excluding hydrogens is 370 g/mol. The van der Waals surface area contributed by atoms with Gasteiger partial charge in [0.15, 0.2) is 13.1 Å². The van der Waals surface area contributed by atoms with E-state index in [4.69, 9.17) is 15.6 Å². The molecule has 0 radical (unpaired) electrons. The minimum Gasteiger partial charge on any atom is -0.394 e. The standard InChI is InChI=1S/C21H21N5O3/c22-21-23-19-18(20(28)24-21)25(13-26(19)14-29-11-10-27)12-15-6-8-17(9-7-15)16-4-2-1-3-5-16/h1-9,13,27H,10-12,14H2,(H2-,22,23,24,28)/p+1. The fraction of sp³-hybridized carbons (Fsp3) is 0.190. The van der Waals surface area contributed by atoms with Gasteiger partial charge in [0.05, 0.1) is 19.8 Å². The van der Waals surface area contributed by atoms with Gasteiger partial charge in [-0.1, -0.05) is 59.6 Å². The van der Waals surface area contributed by atoms with E-state index >= 15 is 0 Å². The third kappa shape index (κ3) is 4.03. The first kappa shape index (κ1) is 18.9. The van der Waals surface area contributed by atoms with Crippen molar-refractivity contribution < 1.29 is 14.4 Å². The fourth-order valence-corrected chi connectivity index (χ4v) is 3.28. The number of benzene rings is 2. The highest BCUT2D eigenvalue weighted by Gasteiger charge is 2.21. The zero-order chi connectivity index (χ0) is 20.2. The first-order chi connectivity index (χ1) is 14.2. The zero-order valence-electron chi connectivity index (χ0n) is 15.8. The Morgan fingerprint density at radius 1 is 1.10 bits per heavy atom. The molecule has 4 aromatic rings. The Labute approximate surface area is 166 Å². The van der Waals surface area contributed by atoms with E-state index in [2.05, 4.69) is 34.2 Å². The number of nitrogens with zero attached hydrogens (tertiary/aromatic N) is 3. The maximum atomic E-state index is 12.5. The van der Waals surface area contributed by atoms with Crippen LogP contribution in [0.15, 0.2) is 65.7 Å². The average molecular weight is 392 g/mol. The van der Waals surface area contributed by atoms with E-state index in [9.17, 15) is 4.79 Å². The largest absolute Gasteiger partial charge is 0.394 e. The molecule has 2 heterocycles. The molecule has 0 amide bonds. The average Bonchev–Trinajstić information content (AvgIpc) is 3.07. The topological polar surface area (TPSA) is 110 Å². The van der Waals surface area contributed by atoms with Gasteiger partial charge < -0.3 is 15.6 Å². The van der Waals surface area contributed by atoms with Crippen LogP contribution in [0.3, 0.4) is 0 Å². The smallest absolute Gasteiger partial charge is 0.313 e. The number of H-pyrrole nitrogens is 1. The van der Waals surface area contributed by atoms with Gasteiger partial charge in [-0.2, -0.15) is 0 Å². The molecule has 0 spiro atoms. The van der Waals surface area contributed by atoms with Crippen molar-refractivity contribution in [3.8, 4) is 11.1 Å². The quantitative estimate of drug-likeness (QED) is 0.324. The van der Waals surface area contributed by atoms with Crippen molar-refractivity contribution in [1.29, 1.82) is 0 Å². The number of aliphatic hydroxyl groups excluding tert-OH is 1. The van der Waals surface area contributed by atoms with Crippen LogP contribution in [-0.4, -0.2) is 32.9 Å². The first-order valence-electron chi connectivity index (χ1n) is 9.27. The monoisotopic (exact) mass is 392 g/mol. The zero-order valence-corrected chi connectivity index (χ0v) is 15.8. The Bertz CT molecular complexity index is 1170. The Morgan fingerprint density at radius 3 is 2.55 bits per heavy atom. The molecule has 29 heavy (non-hydrogen) atoms. The molecule has 0 bridgehead atoms. The molecule has 148 valence electrons. The Kier molecular flexibility index (Phi) is 5.37. The maximum Gasteiger partial charge on any atom is 0.313 e. The van der Waals surface area contributed by atoms with Crippen molar-refractivity contribution >= 4 is 17.1 Å². The molecular formula is C21H22N5O3+. The van der Waals surface area contributed by atoms with Crippen LogP contribution in [-0.2, 0) is 18.0 Å². The fourth-order valence-electron chi connectivity index (χ4n) is 3.28. The number of rotatable bonds is 7. The van der Waals surface area contributed by atoms with E-state index in [1.807, 2.05) is 34.9 Å². The van der Waals surface area contributed by atoms with E-state index in [0.717, 1.165) is 16.7 Å². The number of hydrogen-bond donors (Lipinski definition) is 3. The summed E-state index contributed by atoms with van der Waals surface area (Å²) in [4.78, 5) is 19.3. The lowest BCUT2D eigenvalue weighted by atomic mass is 10.0. The summed E-state index contributed by atoms with van der Waals surface area (Å²) in [6, 6.07) is 18.4. The molecule has 0 atom stereocenters. The van der Waals surface area contributed by atoms with Gasteiger partial charge in [0.2, 0.25) is 5.52 Å². The van der Waals surface area contributed by atoms with Gasteiger partial charge in [0, 0.05) is 0 Å². The summed E-state index contributed by atoms with van der Waals surface area (Å²) in [6.45, 7) is 0.766. The van der Waals surface area contributed by atoms with Gasteiger partial charge in [-0.15, -0.1) is 0 Å². The van der Waals surface area contributed by atoms with Crippen molar-refractivity contribution in [3.63, 3.8) is 0 Å². The normalized spacial score (nSPS) is 11.2. The van der Waals surface area contributed by atoms with E-state index < -0.39 is 0 Å². The molecule has 2 aromatic heterocycles. The molecule has 4 N–H and O–H groups in total.